The average molecular weight is 390 g/mol. The Hall–Kier alpha value is -1.65. The number of sulfone groups is 1. The molecule has 10 heteroatoms. The molecular weight excluding hydrogens is 368 g/mol. The van der Waals surface area contributed by atoms with E-state index in [0.29, 0.717) is 11.4 Å². The molecule has 1 aromatic rings. The number of carbonyl (C=O) groups is 1. The van der Waals surface area contributed by atoms with Crippen LogP contribution in [0.25, 0.3) is 0 Å². The summed E-state index contributed by atoms with van der Waals surface area (Å²) in [6.07, 6.45) is 1.23. The third-order valence-corrected chi connectivity index (χ3v) is 7.06. The Bertz CT molecular complexity index is 818. The fraction of sp³-hybridized carbons (Fsp3) is 0.533. The molecule has 140 valence electrons. The summed E-state index contributed by atoms with van der Waals surface area (Å²) in [5.74, 6) is 0.0883. The smallest absolute Gasteiger partial charge is 0.225 e. The normalized spacial score (nSPS) is 19.7. The minimum Gasteiger partial charge on any atom is -0.497 e. The second kappa shape index (κ2) is 7.71. The summed E-state index contributed by atoms with van der Waals surface area (Å²) in [4.78, 5) is 12.1. The lowest BCUT2D eigenvalue weighted by Gasteiger charge is -2.25. The van der Waals surface area contributed by atoms with Crippen LogP contribution < -0.4 is 10.1 Å². The third kappa shape index (κ3) is 5.68. The maximum atomic E-state index is 12.1. The van der Waals surface area contributed by atoms with Gasteiger partial charge in [0, 0.05) is 24.7 Å². The van der Waals surface area contributed by atoms with E-state index in [1.165, 1.54) is 7.11 Å². The van der Waals surface area contributed by atoms with E-state index in [2.05, 4.69) is 5.32 Å². The van der Waals surface area contributed by atoms with Crippen LogP contribution >= 0.6 is 0 Å². The number of ether oxygens (including phenoxy) is 1. The van der Waals surface area contributed by atoms with Gasteiger partial charge in [-0.1, -0.05) is 0 Å². The molecule has 1 atom stereocenters. The number of rotatable bonds is 7. The number of amides is 1. The Balaban J connectivity index is 1.96. The van der Waals surface area contributed by atoms with Gasteiger partial charge in [0.15, 0.2) is 9.84 Å². The van der Waals surface area contributed by atoms with E-state index in [-0.39, 0.29) is 36.8 Å². The number of methoxy groups -OCH3 is 1. The van der Waals surface area contributed by atoms with Crippen LogP contribution in [0.3, 0.4) is 0 Å². The van der Waals surface area contributed by atoms with Crippen molar-refractivity contribution in [3.63, 3.8) is 0 Å². The van der Waals surface area contributed by atoms with Crippen molar-refractivity contribution in [1.82, 2.24) is 4.31 Å². The molecule has 1 fully saturated rings. The van der Waals surface area contributed by atoms with Gasteiger partial charge in [0.05, 0.1) is 24.9 Å². The van der Waals surface area contributed by atoms with Gasteiger partial charge in [0.1, 0.15) is 5.75 Å². The number of carbonyl (C=O) groups excluding carboxylic acids is 1. The average Bonchev–Trinajstić information content (AvgIpc) is 2.86. The second-order valence-corrected chi connectivity index (χ2v) is 10.1. The van der Waals surface area contributed by atoms with Crippen molar-refractivity contribution >= 4 is 31.5 Å². The van der Waals surface area contributed by atoms with Gasteiger partial charge in [-0.05, 0) is 30.7 Å². The maximum Gasteiger partial charge on any atom is 0.225 e. The molecule has 0 bridgehead atoms. The summed E-state index contributed by atoms with van der Waals surface area (Å²) in [6.45, 7) is -0.0546. The van der Waals surface area contributed by atoms with Gasteiger partial charge in [-0.2, -0.15) is 4.31 Å². The Morgan fingerprint density at radius 1 is 1.32 bits per heavy atom. The number of anilines is 1. The van der Waals surface area contributed by atoms with Gasteiger partial charge in [0.2, 0.25) is 15.9 Å². The number of sulfonamides is 1. The van der Waals surface area contributed by atoms with E-state index in [0.717, 1.165) is 10.6 Å². The number of nitrogens with one attached hydrogen (secondary N) is 1. The summed E-state index contributed by atoms with van der Waals surface area (Å²) in [5, 5.41) is 2.67. The van der Waals surface area contributed by atoms with E-state index < -0.39 is 25.9 Å². The molecule has 1 N–H and O–H groups in total. The third-order valence-electron chi connectivity index (χ3n) is 3.97. The first kappa shape index (κ1) is 19.7. The molecule has 2 rings (SSSR count). The largest absolute Gasteiger partial charge is 0.497 e. The van der Waals surface area contributed by atoms with Crippen molar-refractivity contribution in [3.8, 4) is 5.75 Å². The van der Waals surface area contributed by atoms with Crippen LogP contribution in [0.15, 0.2) is 24.3 Å². The zero-order chi connectivity index (χ0) is 18.7. The van der Waals surface area contributed by atoms with E-state index in [4.69, 9.17) is 4.74 Å². The number of benzene rings is 1. The second-order valence-electron chi connectivity index (χ2n) is 5.96. The van der Waals surface area contributed by atoms with Gasteiger partial charge >= 0.3 is 0 Å². The van der Waals surface area contributed by atoms with Gasteiger partial charge in [-0.15, -0.1) is 0 Å². The molecule has 0 spiro atoms. The summed E-state index contributed by atoms with van der Waals surface area (Å²) < 4.78 is 53.2. The van der Waals surface area contributed by atoms with Gasteiger partial charge in [0.25, 0.3) is 0 Å². The molecule has 1 unspecified atom stereocenters. The highest BCUT2D eigenvalue weighted by molar-refractivity contribution is 7.92. The predicted molar refractivity (Wildman–Crippen MR) is 94.8 cm³/mol. The van der Waals surface area contributed by atoms with Crippen molar-refractivity contribution in [2.24, 2.45) is 0 Å². The molecule has 1 aromatic carbocycles. The molecule has 8 nitrogen and oxygen atoms in total. The van der Waals surface area contributed by atoms with Crippen LogP contribution in [0.1, 0.15) is 12.8 Å². The molecule has 1 saturated heterocycles. The van der Waals surface area contributed by atoms with E-state index in [1.807, 2.05) is 0 Å². The van der Waals surface area contributed by atoms with Crippen molar-refractivity contribution in [2.75, 3.05) is 36.7 Å². The first-order chi connectivity index (χ1) is 11.6. The lowest BCUT2D eigenvalue weighted by Crippen LogP contribution is -2.42. The lowest BCUT2D eigenvalue weighted by molar-refractivity contribution is -0.116. The van der Waals surface area contributed by atoms with Crippen molar-refractivity contribution in [2.45, 2.75) is 18.9 Å². The summed E-state index contributed by atoms with van der Waals surface area (Å²) in [7, 11) is -5.28. The first-order valence-corrected chi connectivity index (χ1v) is 11.4. The van der Waals surface area contributed by atoms with E-state index >= 15 is 0 Å². The van der Waals surface area contributed by atoms with E-state index in [1.54, 1.807) is 24.3 Å². The van der Waals surface area contributed by atoms with E-state index in [9.17, 15) is 21.6 Å². The van der Waals surface area contributed by atoms with Crippen LogP contribution in [-0.2, 0) is 24.7 Å². The summed E-state index contributed by atoms with van der Waals surface area (Å²) >= 11 is 0. The predicted octanol–water partition coefficient (Wildman–Crippen LogP) is 0.473. The standard InChI is InChI=1S/C15H22N2O6S2/c1-23-14-5-3-12(4-6-14)16-15(18)7-9-17(24(2,19)20)13-8-10-25(21,22)11-13/h3-6,13H,7-11H2,1-2H3,(H,16,18). The number of hydrogen-bond donors (Lipinski definition) is 1. The molecule has 0 radical (unpaired) electrons. The van der Waals surface area contributed by atoms with Crippen LogP contribution in [-0.4, -0.2) is 64.5 Å². The monoisotopic (exact) mass is 390 g/mol. The molecule has 0 aromatic heterocycles. The number of nitrogens with zero attached hydrogens (tertiary/aromatic N) is 1. The zero-order valence-electron chi connectivity index (χ0n) is 14.1. The summed E-state index contributed by atoms with van der Waals surface area (Å²) in [6, 6.07) is 6.14. The van der Waals surface area contributed by atoms with Crippen LogP contribution in [0.5, 0.6) is 5.75 Å². The van der Waals surface area contributed by atoms with Crippen molar-refractivity contribution < 1.29 is 26.4 Å². The fourth-order valence-corrected chi connectivity index (χ4v) is 5.70. The maximum absolute atomic E-state index is 12.1. The minimum absolute atomic E-state index is 0.0261. The zero-order valence-corrected chi connectivity index (χ0v) is 15.8. The van der Waals surface area contributed by atoms with Crippen LogP contribution in [0.2, 0.25) is 0 Å². The molecule has 0 saturated carbocycles. The van der Waals surface area contributed by atoms with Gasteiger partial charge < -0.3 is 10.1 Å². The van der Waals surface area contributed by atoms with Crippen molar-refractivity contribution in [3.05, 3.63) is 24.3 Å². The highest BCUT2D eigenvalue weighted by Crippen LogP contribution is 2.21. The molecule has 25 heavy (non-hydrogen) atoms. The highest BCUT2D eigenvalue weighted by atomic mass is 32.2. The first-order valence-electron chi connectivity index (χ1n) is 7.72. The molecule has 0 aliphatic carbocycles. The highest BCUT2D eigenvalue weighted by Gasteiger charge is 2.36. The molecule has 1 amide bonds. The molecular formula is C15H22N2O6S2. The van der Waals surface area contributed by atoms with Gasteiger partial charge in [-0.25, -0.2) is 16.8 Å². The van der Waals surface area contributed by atoms with Crippen molar-refractivity contribution in [1.29, 1.82) is 0 Å². The Morgan fingerprint density at radius 2 is 1.96 bits per heavy atom. The summed E-state index contributed by atoms with van der Waals surface area (Å²) in [5.41, 5.74) is 0.570. The Labute approximate surface area is 148 Å². The lowest BCUT2D eigenvalue weighted by atomic mass is 10.2. The van der Waals surface area contributed by atoms with Gasteiger partial charge in [-0.3, -0.25) is 4.79 Å². The topological polar surface area (TPSA) is 110 Å². The molecule has 1 aliphatic rings. The van der Waals surface area contributed by atoms with Crippen LogP contribution in [0.4, 0.5) is 5.69 Å². The Kier molecular flexibility index (Phi) is 6.07. The van der Waals surface area contributed by atoms with Crippen LogP contribution in [0, 0.1) is 0 Å². The molecule has 1 heterocycles. The number of hydrogen-bond acceptors (Lipinski definition) is 6. The fourth-order valence-electron chi connectivity index (χ4n) is 2.73. The Morgan fingerprint density at radius 3 is 2.44 bits per heavy atom. The minimum atomic E-state index is -3.60. The quantitative estimate of drug-likeness (QED) is 0.725. The SMILES string of the molecule is COc1ccc(NC(=O)CCN(C2CCS(=O)(=O)C2)S(C)(=O)=O)cc1. The molecule has 1 aliphatic heterocycles.